The molecule has 1 aromatic carbocycles. The van der Waals surface area contributed by atoms with Gasteiger partial charge in [-0.25, -0.2) is 0 Å². The first kappa shape index (κ1) is 20.8. The van der Waals surface area contributed by atoms with E-state index in [-0.39, 0.29) is 5.91 Å². The van der Waals surface area contributed by atoms with Crippen LogP contribution in [0.1, 0.15) is 30.5 Å². The Morgan fingerprint density at radius 2 is 1.97 bits per heavy atom. The number of carbonyl (C=O) groups is 1. The van der Waals surface area contributed by atoms with Crippen molar-refractivity contribution in [1.82, 2.24) is 19.7 Å². The number of ether oxygens (including phenoxy) is 1. The van der Waals surface area contributed by atoms with Gasteiger partial charge in [0.1, 0.15) is 12.4 Å². The van der Waals surface area contributed by atoms with Gasteiger partial charge in [-0.2, -0.15) is 0 Å². The normalized spacial score (nSPS) is 18.9. The van der Waals surface area contributed by atoms with Crippen molar-refractivity contribution in [3.63, 3.8) is 0 Å². The molecule has 6 heteroatoms. The Labute approximate surface area is 179 Å². The van der Waals surface area contributed by atoms with Crippen LogP contribution in [-0.4, -0.2) is 71.0 Å². The van der Waals surface area contributed by atoms with Gasteiger partial charge in [0.25, 0.3) is 0 Å². The van der Waals surface area contributed by atoms with E-state index in [1.165, 1.54) is 16.7 Å². The van der Waals surface area contributed by atoms with Gasteiger partial charge < -0.3 is 9.64 Å². The van der Waals surface area contributed by atoms with Gasteiger partial charge in [0.2, 0.25) is 5.91 Å². The average Bonchev–Trinajstić information content (AvgIpc) is 2.97. The van der Waals surface area contributed by atoms with E-state index in [1.54, 1.807) is 6.92 Å². The first-order valence-corrected chi connectivity index (χ1v) is 10.9. The Hall–Kier alpha value is -2.44. The summed E-state index contributed by atoms with van der Waals surface area (Å²) in [7, 11) is 0. The van der Waals surface area contributed by atoms with Crippen LogP contribution in [0, 0.1) is 0 Å². The van der Waals surface area contributed by atoms with Gasteiger partial charge in [-0.05, 0) is 42.7 Å². The second-order valence-electron chi connectivity index (χ2n) is 8.46. The molecule has 0 saturated carbocycles. The fourth-order valence-corrected chi connectivity index (χ4v) is 4.41. The van der Waals surface area contributed by atoms with Crippen molar-refractivity contribution in [3.05, 3.63) is 59.4 Å². The van der Waals surface area contributed by atoms with Gasteiger partial charge in [0.05, 0.1) is 0 Å². The third-order valence-corrected chi connectivity index (χ3v) is 6.24. The smallest absolute Gasteiger partial charge is 0.219 e. The molecule has 0 radical (unpaired) electrons. The van der Waals surface area contributed by atoms with E-state index in [9.17, 15) is 4.79 Å². The molecular weight excluding hydrogens is 376 g/mol. The Morgan fingerprint density at radius 1 is 1.13 bits per heavy atom. The minimum absolute atomic E-state index is 0.178. The van der Waals surface area contributed by atoms with E-state index in [0.29, 0.717) is 6.04 Å². The van der Waals surface area contributed by atoms with Crippen molar-refractivity contribution in [2.24, 2.45) is 0 Å². The molecule has 2 aromatic rings. The molecule has 6 nitrogen and oxygen atoms in total. The fourth-order valence-electron chi connectivity index (χ4n) is 4.41. The van der Waals surface area contributed by atoms with Crippen LogP contribution in [-0.2, 0) is 24.3 Å². The summed E-state index contributed by atoms with van der Waals surface area (Å²) in [5, 5.41) is 0. The van der Waals surface area contributed by atoms with Gasteiger partial charge >= 0.3 is 0 Å². The molecule has 1 aromatic heterocycles. The minimum Gasteiger partial charge on any atom is -0.492 e. The highest BCUT2D eigenvalue weighted by atomic mass is 16.5. The summed E-state index contributed by atoms with van der Waals surface area (Å²) in [6.45, 7) is 10.9. The van der Waals surface area contributed by atoms with Crippen molar-refractivity contribution in [2.45, 2.75) is 39.4 Å². The molecule has 1 fully saturated rings. The Kier molecular flexibility index (Phi) is 6.65. The first-order valence-electron chi connectivity index (χ1n) is 10.9. The number of amides is 1. The molecule has 0 aliphatic carbocycles. The van der Waals surface area contributed by atoms with Gasteiger partial charge in [-0.15, -0.1) is 0 Å². The summed E-state index contributed by atoms with van der Waals surface area (Å²) in [4.78, 5) is 22.7. The maximum absolute atomic E-state index is 11.5. The minimum atomic E-state index is 0.178. The van der Waals surface area contributed by atoms with Crippen LogP contribution in [0.5, 0.6) is 5.75 Å². The molecule has 1 saturated heterocycles. The van der Waals surface area contributed by atoms with E-state index in [2.05, 4.69) is 46.0 Å². The molecule has 2 aliphatic heterocycles. The summed E-state index contributed by atoms with van der Waals surface area (Å²) < 4.78 is 6.05. The number of fused-ring (bicyclic) bond motifs is 1. The van der Waals surface area contributed by atoms with E-state index in [0.717, 1.165) is 64.6 Å². The van der Waals surface area contributed by atoms with Crippen molar-refractivity contribution in [3.8, 4) is 5.75 Å². The average molecular weight is 409 g/mol. The zero-order valence-corrected chi connectivity index (χ0v) is 18.1. The molecule has 0 bridgehead atoms. The SMILES string of the molecule is CC(=O)N1CCN(Cc2ccc3c(c2)CN(C(C)Cc2cccnc2)CCO3)CC1. The number of hydrogen-bond donors (Lipinski definition) is 0. The molecule has 0 N–H and O–H groups in total. The lowest BCUT2D eigenvalue weighted by Gasteiger charge is -2.34. The zero-order chi connectivity index (χ0) is 20.9. The molecule has 3 heterocycles. The third-order valence-electron chi connectivity index (χ3n) is 6.24. The van der Waals surface area contributed by atoms with Gasteiger partial charge in [0.15, 0.2) is 0 Å². The van der Waals surface area contributed by atoms with Gasteiger partial charge in [-0.3, -0.25) is 19.6 Å². The molecule has 1 unspecified atom stereocenters. The number of piperazine rings is 1. The second kappa shape index (κ2) is 9.58. The predicted molar refractivity (Wildman–Crippen MR) is 117 cm³/mol. The number of nitrogens with zero attached hydrogens (tertiary/aromatic N) is 4. The van der Waals surface area contributed by atoms with Gasteiger partial charge in [0, 0.05) is 76.7 Å². The lowest BCUT2D eigenvalue weighted by Crippen LogP contribution is -2.47. The number of rotatable bonds is 5. The number of benzene rings is 1. The first-order chi connectivity index (χ1) is 14.6. The summed E-state index contributed by atoms with van der Waals surface area (Å²) >= 11 is 0. The van der Waals surface area contributed by atoms with Crippen LogP contribution in [0.2, 0.25) is 0 Å². The molecule has 0 spiro atoms. The van der Waals surface area contributed by atoms with Crippen LogP contribution in [0.25, 0.3) is 0 Å². The maximum atomic E-state index is 11.5. The maximum Gasteiger partial charge on any atom is 0.219 e. The number of carbonyl (C=O) groups excluding carboxylic acids is 1. The lowest BCUT2D eigenvalue weighted by molar-refractivity contribution is -0.130. The second-order valence-corrected chi connectivity index (χ2v) is 8.46. The molecular formula is C24H32N4O2. The standard InChI is InChI=1S/C24H32N4O2/c1-19(14-21-4-3-7-25-16-21)28-12-13-30-24-6-5-22(15-23(24)18-28)17-26-8-10-27(11-9-26)20(2)29/h3-7,15-16,19H,8-14,17-18H2,1-2H3. The molecule has 4 rings (SSSR count). The van der Waals surface area contributed by atoms with Crippen LogP contribution >= 0.6 is 0 Å². The Bertz CT molecular complexity index is 850. The molecule has 30 heavy (non-hydrogen) atoms. The van der Waals surface area contributed by atoms with Crippen molar-refractivity contribution >= 4 is 5.91 Å². The molecule has 160 valence electrons. The quantitative estimate of drug-likeness (QED) is 0.761. The molecule has 1 amide bonds. The van der Waals surface area contributed by atoms with Gasteiger partial charge in [-0.1, -0.05) is 12.1 Å². The largest absolute Gasteiger partial charge is 0.492 e. The van der Waals surface area contributed by atoms with Crippen LogP contribution < -0.4 is 4.74 Å². The fraction of sp³-hybridized carbons (Fsp3) is 0.500. The lowest BCUT2D eigenvalue weighted by atomic mass is 10.1. The van der Waals surface area contributed by atoms with E-state index in [4.69, 9.17) is 4.74 Å². The van der Waals surface area contributed by atoms with Crippen molar-refractivity contribution in [1.29, 1.82) is 0 Å². The Morgan fingerprint density at radius 3 is 2.70 bits per heavy atom. The molecule has 1 atom stereocenters. The summed E-state index contributed by atoms with van der Waals surface area (Å²) in [6, 6.07) is 11.2. The summed E-state index contributed by atoms with van der Waals surface area (Å²) in [6.07, 6.45) is 4.78. The van der Waals surface area contributed by atoms with E-state index < -0.39 is 0 Å². The predicted octanol–water partition coefficient (Wildman–Crippen LogP) is 2.57. The summed E-state index contributed by atoms with van der Waals surface area (Å²) in [5.74, 6) is 1.19. The van der Waals surface area contributed by atoms with E-state index >= 15 is 0 Å². The topological polar surface area (TPSA) is 48.9 Å². The highest BCUT2D eigenvalue weighted by Gasteiger charge is 2.22. The van der Waals surface area contributed by atoms with Crippen molar-refractivity contribution < 1.29 is 9.53 Å². The number of pyridine rings is 1. The van der Waals surface area contributed by atoms with Crippen LogP contribution in [0.4, 0.5) is 0 Å². The zero-order valence-electron chi connectivity index (χ0n) is 18.1. The number of hydrogen-bond acceptors (Lipinski definition) is 5. The number of aromatic nitrogens is 1. The van der Waals surface area contributed by atoms with E-state index in [1.807, 2.05) is 23.4 Å². The third kappa shape index (κ3) is 5.18. The molecule has 2 aliphatic rings. The highest BCUT2D eigenvalue weighted by Crippen LogP contribution is 2.26. The van der Waals surface area contributed by atoms with Crippen LogP contribution in [0.3, 0.4) is 0 Å². The Balaban J connectivity index is 1.40. The summed E-state index contributed by atoms with van der Waals surface area (Å²) in [5.41, 5.74) is 3.86. The highest BCUT2D eigenvalue weighted by molar-refractivity contribution is 5.73. The van der Waals surface area contributed by atoms with Crippen molar-refractivity contribution in [2.75, 3.05) is 39.3 Å². The van der Waals surface area contributed by atoms with Crippen LogP contribution in [0.15, 0.2) is 42.7 Å². The monoisotopic (exact) mass is 408 g/mol.